The first-order chi connectivity index (χ1) is 13.0. The van der Waals surface area contributed by atoms with Crippen molar-refractivity contribution in [2.24, 2.45) is 5.14 Å². The first kappa shape index (κ1) is 22.4. The van der Waals surface area contributed by atoms with Gasteiger partial charge >= 0.3 is 0 Å². The van der Waals surface area contributed by atoms with Crippen LogP contribution in [0.15, 0.2) is 53.4 Å². The standard InChI is InChI=1S/C19H25N3O4S.ClH/c1-25-19-5-3-2-4-17(19)18-14-21-10-11-22(18)12-13-26-15-6-8-16(9-7-15)27(20,23)24;/h2-9,18,21H,10-14H2,1H3,(H2,20,23,24);1H. The van der Waals surface area contributed by atoms with E-state index in [0.717, 1.165) is 37.5 Å². The van der Waals surface area contributed by atoms with Gasteiger partial charge in [-0.05, 0) is 30.3 Å². The maximum atomic E-state index is 11.3. The molecule has 0 saturated carbocycles. The van der Waals surface area contributed by atoms with E-state index in [9.17, 15) is 8.42 Å². The molecule has 28 heavy (non-hydrogen) atoms. The zero-order valence-electron chi connectivity index (χ0n) is 15.7. The van der Waals surface area contributed by atoms with Crippen LogP contribution in [0.25, 0.3) is 0 Å². The molecule has 0 aliphatic carbocycles. The molecule has 1 saturated heterocycles. The van der Waals surface area contributed by atoms with E-state index < -0.39 is 10.0 Å². The summed E-state index contributed by atoms with van der Waals surface area (Å²) in [7, 11) is -2.00. The Morgan fingerprint density at radius 3 is 2.57 bits per heavy atom. The van der Waals surface area contributed by atoms with Gasteiger partial charge in [-0.2, -0.15) is 0 Å². The van der Waals surface area contributed by atoms with E-state index in [1.165, 1.54) is 12.1 Å². The van der Waals surface area contributed by atoms with Gasteiger partial charge in [0.1, 0.15) is 18.1 Å². The maximum Gasteiger partial charge on any atom is 0.238 e. The number of primary sulfonamides is 1. The fraction of sp³-hybridized carbons (Fsp3) is 0.368. The first-order valence-electron chi connectivity index (χ1n) is 8.82. The Bertz CT molecular complexity index is 862. The van der Waals surface area contributed by atoms with Crippen LogP contribution in [0.5, 0.6) is 11.5 Å². The highest BCUT2D eigenvalue weighted by molar-refractivity contribution is 7.89. The predicted molar refractivity (Wildman–Crippen MR) is 111 cm³/mol. The molecule has 0 spiro atoms. The topological polar surface area (TPSA) is 93.9 Å². The zero-order chi connectivity index (χ0) is 19.3. The van der Waals surface area contributed by atoms with E-state index in [4.69, 9.17) is 14.6 Å². The summed E-state index contributed by atoms with van der Waals surface area (Å²) in [6, 6.07) is 14.4. The van der Waals surface area contributed by atoms with Crippen LogP contribution in [0.3, 0.4) is 0 Å². The molecule has 1 fully saturated rings. The molecule has 1 unspecified atom stereocenters. The van der Waals surface area contributed by atoms with Crippen LogP contribution in [-0.2, 0) is 10.0 Å². The number of nitrogens with zero attached hydrogens (tertiary/aromatic N) is 1. The molecule has 3 rings (SSSR count). The summed E-state index contributed by atoms with van der Waals surface area (Å²) in [5, 5.41) is 8.54. The smallest absolute Gasteiger partial charge is 0.238 e. The summed E-state index contributed by atoms with van der Waals surface area (Å²) in [4.78, 5) is 2.45. The molecule has 7 nitrogen and oxygen atoms in total. The number of nitrogens with one attached hydrogen (secondary N) is 1. The van der Waals surface area contributed by atoms with Gasteiger partial charge in [-0.25, -0.2) is 13.6 Å². The molecule has 1 aliphatic heterocycles. The maximum absolute atomic E-state index is 11.3. The summed E-state index contributed by atoms with van der Waals surface area (Å²) in [5.41, 5.74) is 1.16. The van der Waals surface area contributed by atoms with Gasteiger partial charge < -0.3 is 14.8 Å². The minimum atomic E-state index is -3.68. The SMILES string of the molecule is COc1ccccc1C1CNCCN1CCOc1ccc(S(N)(=O)=O)cc1.Cl. The molecule has 1 atom stereocenters. The summed E-state index contributed by atoms with van der Waals surface area (Å²) in [5.74, 6) is 1.50. The highest BCUT2D eigenvalue weighted by Gasteiger charge is 2.25. The molecule has 3 N–H and O–H groups in total. The summed E-state index contributed by atoms with van der Waals surface area (Å²) < 4.78 is 33.9. The number of hydrogen-bond donors (Lipinski definition) is 2. The largest absolute Gasteiger partial charge is 0.496 e. The van der Waals surface area contributed by atoms with Crippen molar-refractivity contribution in [2.45, 2.75) is 10.9 Å². The Hall–Kier alpha value is -1.84. The van der Waals surface area contributed by atoms with E-state index >= 15 is 0 Å². The van der Waals surface area contributed by atoms with Crippen molar-refractivity contribution in [3.8, 4) is 11.5 Å². The number of methoxy groups -OCH3 is 1. The van der Waals surface area contributed by atoms with Gasteiger partial charge in [0.05, 0.1) is 18.0 Å². The molecule has 2 aromatic rings. The van der Waals surface area contributed by atoms with Crippen LogP contribution in [0.1, 0.15) is 11.6 Å². The highest BCUT2D eigenvalue weighted by Crippen LogP contribution is 2.29. The van der Waals surface area contributed by atoms with Crippen molar-refractivity contribution in [3.05, 3.63) is 54.1 Å². The molecule has 0 bridgehead atoms. The van der Waals surface area contributed by atoms with Crippen LogP contribution >= 0.6 is 12.4 Å². The summed E-state index contributed by atoms with van der Waals surface area (Å²) in [6.07, 6.45) is 0. The quantitative estimate of drug-likeness (QED) is 0.699. The van der Waals surface area contributed by atoms with Gasteiger partial charge in [0.2, 0.25) is 10.0 Å². The molecule has 0 aromatic heterocycles. The lowest BCUT2D eigenvalue weighted by molar-refractivity contribution is 0.132. The van der Waals surface area contributed by atoms with Crippen molar-refractivity contribution in [2.75, 3.05) is 39.9 Å². The van der Waals surface area contributed by atoms with Crippen LogP contribution in [0, 0.1) is 0 Å². The van der Waals surface area contributed by atoms with Crippen LogP contribution in [-0.4, -0.2) is 53.2 Å². The lowest BCUT2D eigenvalue weighted by Gasteiger charge is -2.36. The summed E-state index contributed by atoms with van der Waals surface area (Å²) in [6.45, 7) is 3.94. The molecule has 0 radical (unpaired) electrons. The minimum absolute atomic E-state index is 0. The predicted octanol–water partition coefficient (Wildman–Crippen LogP) is 1.79. The van der Waals surface area contributed by atoms with Crippen LogP contribution < -0.4 is 19.9 Å². The average molecular weight is 428 g/mol. The third-order valence-electron chi connectivity index (χ3n) is 4.65. The molecular weight excluding hydrogens is 402 g/mol. The highest BCUT2D eigenvalue weighted by atomic mass is 35.5. The number of piperazine rings is 1. The Morgan fingerprint density at radius 2 is 1.89 bits per heavy atom. The van der Waals surface area contributed by atoms with E-state index in [2.05, 4.69) is 16.3 Å². The van der Waals surface area contributed by atoms with Gasteiger partial charge in [-0.1, -0.05) is 18.2 Å². The lowest BCUT2D eigenvalue weighted by Crippen LogP contribution is -2.47. The van der Waals surface area contributed by atoms with E-state index in [1.54, 1.807) is 19.2 Å². The number of rotatable bonds is 7. The number of halogens is 1. The van der Waals surface area contributed by atoms with E-state index in [-0.39, 0.29) is 23.3 Å². The number of nitrogens with two attached hydrogens (primary N) is 1. The Balaban J connectivity index is 0.00000280. The van der Waals surface area contributed by atoms with Gasteiger partial charge in [0.25, 0.3) is 0 Å². The molecule has 1 heterocycles. The number of para-hydroxylation sites is 1. The van der Waals surface area contributed by atoms with Gasteiger partial charge in [0.15, 0.2) is 0 Å². The van der Waals surface area contributed by atoms with Gasteiger partial charge in [0, 0.05) is 31.7 Å². The monoisotopic (exact) mass is 427 g/mol. The van der Waals surface area contributed by atoms with Crippen molar-refractivity contribution in [1.29, 1.82) is 0 Å². The Kier molecular flexibility index (Phi) is 8.09. The summed E-state index contributed by atoms with van der Waals surface area (Å²) >= 11 is 0. The number of hydrogen-bond acceptors (Lipinski definition) is 6. The first-order valence-corrected chi connectivity index (χ1v) is 10.4. The second kappa shape index (κ2) is 10.1. The number of ether oxygens (including phenoxy) is 2. The van der Waals surface area contributed by atoms with E-state index in [0.29, 0.717) is 12.4 Å². The van der Waals surface area contributed by atoms with Gasteiger partial charge in [-0.3, -0.25) is 4.90 Å². The second-order valence-electron chi connectivity index (χ2n) is 6.36. The molecule has 0 amide bonds. The lowest BCUT2D eigenvalue weighted by atomic mass is 10.0. The molecule has 9 heteroatoms. The number of sulfonamides is 1. The van der Waals surface area contributed by atoms with Crippen molar-refractivity contribution >= 4 is 22.4 Å². The average Bonchev–Trinajstić information content (AvgIpc) is 2.68. The van der Waals surface area contributed by atoms with Crippen molar-refractivity contribution < 1.29 is 17.9 Å². The molecular formula is C19H26ClN3O4S. The Labute approximate surface area is 172 Å². The fourth-order valence-electron chi connectivity index (χ4n) is 3.27. The third-order valence-corrected chi connectivity index (χ3v) is 5.58. The Morgan fingerprint density at radius 1 is 1.18 bits per heavy atom. The number of benzene rings is 2. The van der Waals surface area contributed by atoms with E-state index in [1.807, 2.05) is 18.2 Å². The second-order valence-corrected chi connectivity index (χ2v) is 7.92. The minimum Gasteiger partial charge on any atom is -0.496 e. The zero-order valence-corrected chi connectivity index (χ0v) is 17.3. The molecule has 154 valence electrons. The van der Waals surface area contributed by atoms with Crippen LogP contribution in [0.2, 0.25) is 0 Å². The fourth-order valence-corrected chi connectivity index (χ4v) is 3.78. The normalized spacial score (nSPS) is 17.6. The van der Waals surface area contributed by atoms with Crippen molar-refractivity contribution in [3.63, 3.8) is 0 Å². The van der Waals surface area contributed by atoms with Crippen LogP contribution in [0.4, 0.5) is 0 Å². The van der Waals surface area contributed by atoms with Crippen molar-refractivity contribution in [1.82, 2.24) is 10.2 Å². The molecule has 2 aromatic carbocycles. The third kappa shape index (κ3) is 5.59. The molecule has 1 aliphatic rings. The van der Waals surface area contributed by atoms with Gasteiger partial charge in [-0.15, -0.1) is 12.4 Å².